The first-order chi connectivity index (χ1) is 10.2. The summed E-state index contributed by atoms with van der Waals surface area (Å²) in [5.41, 5.74) is 1.07. The molecule has 110 valence electrons. The molecule has 1 aromatic carbocycles. The number of carbonyl (C=O) groups is 1. The summed E-state index contributed by atoms with van der Waals surface area (Å²) in [6, 6.07) is 12.1. The van der Waals surface area contributed by atoms with Crippen LogP contribution < -0.4 is 10.1 Å². The van der Waals surface area contributed by atoms with Gasteiger partial charge in [0.15, 0.2) is 0 Å². The van der Waals surface area contributed by atoms with E-state index in [1.807, 2.05) is 48.8 Å². The maximum Gasteiger partial charge on any atom is 0.222 e. The van der Waals surface area contributed by atoms with Crippen LogP contribution in [-0.2, 0) is 4.79 Å². The molecule has 3 rings (SSSR count). The van der Waals surface area contributed by atoms with Crippen LogP contribution in [0.3, 0.4) is 0 Å². The van der Waals surface area contributed by atoms with E-state index in [2.05, 4.69) is 16.8 Å². The minimum atomic E-state index is 0.0549. The molecule has 2 atom stereocenters. The second-order valence-corrected chi connectivity index (χ2v) is 5.48. The Bertz CT molecular complexity index is 607. The van der Waals surface area contributed by atoms with E-state index < -0.39 is 0 Å². The molecule has 4 heteroatoms. The molecular formula is C17H20N2O2. The summed E-state index contributed by atoms with van der Waals surface area (Å²) in [6.45, 7) is 2.70. The Kier molecular flexibility index (Phi) is 3.95. The average Bonchev–Trinajstić information content (AvgIpc) is 3.02. The van der Waals surface area contributed by atoms with Gasteiger partial charge < -0.3 is 14.6 Å². The zero-order valence-corrected chi connectivity index (χ0v) is 12.2. The van der Waals surface area contributed by atoms with Gasteiger partial charge in [-0.1, -0.05) is 18.2 Å². The molecule has 1 amide bonds. The van der Waals surface area contributed by atoms with E-state index in [0.717, 1.165) is 17.7 Å². The van der Waals surface area contributed by atoms with Crippen molar-refractivity contribution < 1.29 is 9.53 Å². The fraction of sp³-hybridized carbons (Fsp3) is 0.353. The van der Waals surface area contributed by atoms with Gasteiger partial charge >= 0.3 is 0 Å². The standard InChI is InChI=1S/C17H20N2O2/c1-13(19-9-4-5-10-19)12-17(20)18-15-8-11-21-16-7-3-2-6-14(15)16/h2-7,9-10,13,15H,8,11-12H2,1H3,(H,18,20)/t13-,15+/m1/s1. The monoisotopic (exact) mass is 284 g/mol. The van der Waals surface area contributed by atoms with Crippen molar-refractivity contribution in [1.29, 1.82) is 0 Å². The molecule has 0 saturated heterocycles. The molecule has 0 saturated carbocycles. The fourth-order valence-corrected chi connectivity index (χ4v) is 2.76. The van der Waals surface area contributed by atoms with E-state index >= 15 is 0 Å². The summed E-state index contributed by atoms with van der Waals surface area (Å²) in [5.74, 6) is 0.963. The summed E-state index contributed by atoms with van der Waals surface area (Å²) in [4.78, 5) is 12.3. The second-order valence-electron chi connectivity index (χ2n) is 5.48. The van der Waals surface area contributed by atoms with Crippen molar-refractivity contribution in [3.05, 3.63) is 54.4 Å². The average molecular weight is 284 g/mol. The van der Waals surface area contributed by atoms with Gasteiger partial charge in [-0.15, -0.1) is 0 Å². The fourth-order valence-electron chi connectivity index (χ4n) is 2.76. The summed E-state index contributed by atoms with van der Waals surface area (Å²) in [6.07, 6.45) is 5.28. The van der Waals surface area contributed by atoms with Gasteiger partial charge in [-0.3, -0.25) is 4.79 Å². The molecule has 0 fully saturated rings. The molecule has 1 aliphatic heterocycles. The van der Waals surface area contributed by atoms with E-state index in [4.69, 9.17) is 4.74 Å². The number of rotatable bonds is 4. The Morgan fingerprint density at radius 3 is 2.90 bits per heavy atom. The molecule has 1 aliphatic rings. The number of hydrogen-bond donors (Lipinski definition) is 1. The molecule has 1 aromatic heterocycles. The maximum absolute atomic E-state index is 12.3. The first-order valence-corrected chi connectivity index (χ1v) is 7.37. The highest BCUT2D eigenvalue weighted by molar-refractivity contribution is 5.77. The Morgan fingerprint density at radius 2 is 2.10 bits per heavy atom. The highest BCUT2D eigenvalue weighted by atomic mass is 16.5. The number of carbonyl (C=O) groups excluding carboxylic acids is 1. The minimum Gasteiger partial charge on any atom is -0.493 e. The van der Waals surface area contributed by atoms with Gasteiger partial charge in [-0.2, -0.15) is 0 Å². The van der Waals surface area contributed by atoms with Crippen molar-refractivity contribution in [3.63, 3.8) is 0 Å². The van der Waals surface area contributed by atoms with Crippen molar-refractivity contribution in [3.8, 4) is 5.75 Å². The summed E-state index contributed by atoms with van der Waals surface area (Å²) >= 11 is 0. The first kappa shape index (κ1) is 13.7. The van der Waals surface area contributed by atoms with Crippen LogP contribution in [0.1, 0.15) is 37.4 Å². The molecule has 4 nitrogen and oxygen atoms in total. The normalized spacial score (nSPS) is 18.4. The lowest BCUT2D eigenvalue weighted by molar-refractivity contribution is -0.122. The molecule has 0 aliphatic carbocycles. The third-order valence-corrected chi connectivity index (χ3v) is 3.91. The summed E-state index contributed by atoms with van der Waals surface area (Å²) in [7, 11) is 0. The number of amides is 1. The Labute approximate surface area is 124 Å². The number of nitrogens with zero attached hydrogens (tertiary/aromatic N) is 1. The van der Waals surface area contributed by atoms with Crippen LogP contribution in [-0.4, -0.2) is 17.1 Å². The molecule has 2 aromatic rings. The Morgan fingerprint density at radius 1 is 1.33 bits per heavy atom. The van der Waals surface area contributed by atoms with Crippen LogP contribution in [0.25, 0.3) is 0 Å². The van der Waals surface area contributed by atoms with E-state index in [0.29, 0.717) is 13.0 Å². The highest BCUT2D eigenvalue weighted by Gasteiger charge is 2.23. The van der Waals surface area contributed by atoms with Crippen molar-refractivity contribution >= 4 is 5.91 Å². The summed E-state index contributed by atoms with van der Waals surface area (Å²) < 4.78 is 7.67. The van der Waals surface area contributed by atoms with Crippen LogP contribution in [0.2, 0.25) is 0 Å². The van der Waals surface area contributed by atoms with Crippen LogP contribution in [0, 0.1) is 0 Å². The number of fused-ring (bicyclic) bond motifs is 1. The molecule has 0 radical (unpaired) electrons. The van der Waals surface area contributed by atoms with Crippen LogP contribution in [0.4, 0.5) is 0 Å². The largest absolute Gasteiger partial charge is 0.493 e. The van der Waals surface area contributed by atoms with Gasteiger partial charge in [0.2, 0.25) is 5.91 Å². The molecule has 21 heavy (non-hydrogen) atoms. The number of benzene rings is 1. The molecule has 1 N–H and O–H groups in total. The zero-order chi connectivity index (χ0) is 14.7. The van der Waals surface area contributed by atoms with Gasteiger partial charge in [0.25, 0.3) is 0 Å². The lowest BCUT2D eigenvalue weighted by Gasteiger charge is -2.27. The van der Waals surface area contributed by atoms with Crippen LogP contribution >= 0.6 is 0 Å². The van der Waals surface area contributed by atoms with Gasteiger partial charge in [0.05, 0.1) is 12.6 Å². The van der Waals surface area contributed by atoms with Crippen molar-refractivity contribution in [1.82, 2.24) is 9.88 Å². The quantitative estimate of drug-likeness (QED) is 0.937. The van der Waals surface area contributed by atoms with E-state index in [1.54, 1.807) is 0 Å². The van der Waals surface area contributed by atoms with Crippen LogP contribution in [0.5, 0.6) is 5.75 Å². The topological polar surface area (TPSA) is 43.3 Å². The van der Waals surface area contributed by atoms with E-state index in [1.165, 1.54) is 0 Å². The number of nitrogens with one attached hydrogen (secondary N) is 1. The Hall–Kier alpha value is -2.23. The van der Waals surface area contributed by atoms with Gasteiger partial charge in [-0.05, 0) is 25.1 Å². The molecule has 0 unspecified atom stereocenters. The predicted octanol–water partition coefficient (Wildman–Crippen LogP) is 3.08. The minimum absolute atomic E-state index is 0.0549. The highest BCUT2D eigenvalue weighted by Crippen LogP contribution is 2.31. The number of ether oxygens (including phenoxy) is 1. The number of aromatic nitrogens is 1. The third kappa shape index (κ3) is 3.10. The first-order valence-electron chi connectivity index (χ1n) is 7.37. The lowest BCUT2D eigenvalue weighted by atomic mass is 10.0. The zero-order valence-electron chi connectivity index (χ0n) is 12.2. The van der Waals surface area contributed by atoms with Gasteiger partial charge in [-0.25, -0.2) is 0 Å². The van der Waals surface area contributed by atoms with E-state index in [9.17, 15) is 4.79 Å². The predicted molar refractivity (Wildman–Crippen MR) is 81.2 cm³/mol. The number of para-hydroxylation sites is 1. The van der Waals surface area contributed by atoms with Crippen molar-refractivity contribution in [2.75, 3.05) is 6.61 Å². The van der Waals surface area contributed by atoms with Crippen molar-refractivity contribution in [2.45, 2.75) is 31.8 Å². The molecule has 0 bridgehead atoms. The number of hydrogen-bond acceptors (Lipinski definition) is 2. The molecular weight excluding hydrogens is 264 g/mol. The van der Waals surface area contributed by atoms with Crippen LogP contribution in [0.15, 0.2) is 48.8 Å². The van der Waals surface area contributed by atoms with Crippen molar-refractivity contribution in [2.24, 2.45) is 0 Å². The van der Waals surface area contributed by atoms with Gasteiger partial charge in [0, 0.05) is 36.8 Å². The summed E-state index contributed by atoms with van der Waals surface area (Å²) in [5, 5.41) is 3.14. The SMILES string of the molecule is C[C@H](CC(=O)N[C@H]1CCOc2ccccc21)n1cccc1. The molecule has 0 spiro atoms. The smallest absolute Gasteiger partial charge is 0.222 e. The second kappa shape index (κ2) is 6.04. The Balaban J connectivity index is 1.63. The third-order valence-electron chi connectivity index (χ3n) is 3.91. The lowest BCUT2D eigenvalue weighted by Crippen LogP contribution is -2.33. The maximum atomic E-state index is 12.3. The molecule has 2 heterocycles. The van der Waals surface area contributed by atoms with E-state index in [-0.39, 0.29) is 18.0 Å². The van der Waals surface area contributed by atoms with Gasteiger partial charge in [0.1, 0.15) is 5.75 Å².